The molecule has 0 saturated heterocycles. The van der Waals surface area contributed by atoms with Gasteiger partial charge in [-0.1, -0.05) is 30.9 Å². The van der Waals surface area contributed by atoms with Gasteiger partial charge >= 0.3 is 0 Å². The van der Waals surface area contributed by atoms with Crippen LogP contribution >= 0.6 is 0 Å². The van der Waals surface area contributed by atoms with Gasteiger partial charge in [0.2, 0.25) is 0 Å². The van der Waals surface area contributed by atoms with Crippen molar-refractivity contribution in [2.24, 2.45) is 5.92 Å². The summed E-state index contributed by atoms with van der Waals surface area (Å²) in [5.74, 6) is 0.482. The first-order valence-corrected chi connectivity index (χ1v) is 7.13. The Hall–Kier alpha value is -0.340. The predicted molar refractivity (Wildman–Crippen MR) is 71.9 cm³/mol. The standard InChI is InChI=1S/C15H28O2/c1-12(7-6-8-13(2)16)11-15(17)14-9-4-3-5-10-14/h11,13-17H,3-10H2,1-2H3/b12-11+/t13-,15+/m0/s1. The average Bonchev–Trinajstić information content (AvgIpc) is 2.29. The molecule has 0 amide bonds. The van der Waals surface area contributed by atoms with Crippen molar-refractivity contribution in [2.75, 3.05) is 0 Å². The van der Waals surface area contributed by atoms with Gasteiger partial charge in [-0.2, -0.15) is 0 Å². The van der Waals surface area contributed by atoms with E-state index >= 15 is 0 Å². The molecule has 2 N–H and O–H groups in total. The highest BCUT2D eigenvalue weighted by molar-refractivity contribution is 5.03. The minimum atomic E-state index is -0.248. The van der Waals surface area contributed by atoms with Crippen LogP contribution < -0.4 is 0 Å². The second-order valence-electron chi connectivity index (χ2n) is 5.64. The fraction of sp³-hybridized carbons (Fsp3) is 0.867. The van der Waals surface area contributed by atoms with Gasteiger partial charge < -0.3 is 10.2 Å². The minimum absolute atomic E-state index is 0.203. The molecule has 2 nitrogen and oxygen atoms in total. The first-order valence-electron chi connectivity index (χ1n) is 7.13. The Balaban J connectivity index is 2.28. The van der Waals surface area contributed by atoms with Crippen molar-refractivity contribution in [1.82, 2.24) is 0 Å². The van der Waals surface area contributed by atoms with E-state index in [-0.39, 0.29) is 12.2 Å². The molecule has 1 fully saturated rings. The Morgan fingerprint density at radius 2 is 1.88 bits per heavy atom. The number of aliphatic hydroxyl groups is 2. The first-order chi connectivity index (χ1) is 8.09. The molecule has 2 heteroatoms. The highest BCUT2D eigenvalue weighted by Crippen LogP contribution is 2.27. The molecule has 0 spiro atoms. The van der Waals surface area contributed by atoms with Crippen LogP contribution in [0.1, 0.15) is 65.2 Å². The second kappa shape index (κ2) is 7.88. The van der Waals surface area contributed by atoms with Crippen LogP contribution in [0.15, 0.2) is 11.6 Å². The number of allylic oxidation sites excluding steroid dienone is 1. The van der Waals surface area contributed by atoms with Crippen molar-refractivity contribution in [3.63, 3.8) is 0 Å². The van der Waals surface area contributed by atoms with Crippen LogP contribution in [0.3, 0.4) is 0 Å². The number of hydrogen-bond acceptors (Lipinski definition) is 2. The third-order valence-corrected chi connectivity index (χ3v) is 3.78. The average molecular weight is 240 g/mol. The summed E-state index contributed by atoms with van der Waals surface area (Å²) in [4.78, 5) is 0. The topological polar surface area (TPSA) is 40.5 Å². The number of rotatable bonds is 6. The molecule has 0 aromatic heterocycles. The highest BCUT2D eigenvalue weighted by Gasteiger charge is 2.19. The van der Waals surface area contributed by atoms with Crippen LogP contribution in [0.5, 0.6) is 0 Å². The van der Waals surface area contributed by atoms with E-state index in [1.165, 1.54) is 37.7 Å². The van der Waals surface area contributed by atoms with Crippen molar-refractivity contribution >= 4 is 0 Å². The molecule has 1 aliphatic carbocycles. The van der Waals surface area contributed by atoms with E-state index in [2.05, 4.69) is 6.92 Å². The van der Waals surface area contributed by atoms with Crippen molar-refractivity contribution in [2.45, 2.75) is 77.4 Å². The summed E-state index contributed by atoms with van der Waals surface area (Å²) in [6, 6.07) is 0. The van der Waals surface area contributed by atoms with Crippen molar-refractivity contribution in [3.8, 4) is 0 Å². The number of hydrogen-bond donors (Lipinski definition) is 2. The van der Waals surface area contributed by atoms with Crippen molar-refractivity contribution in [3.05, 3.63) is 11.6 Å². The molecule has 0 bridgehead atoms. The van der Waals surface area contributed by atoms with Crippen molar-refractivity contribution < 1.29 is 10.2 Å². The molecule has 0 aromatic rings. The van der Waals surface area contributed by atoms with Crippen molar-refractivity contribution in [1.29, 1.82) is 0 Å². The maximum atomic E-state index is 10.1. The molecule has 0 radical (unpaired) electrons. The molecule has 1 rings (SSSR count). The molecular formula is C15H28O2. The van der Waals surface area contributed by atoms with Gasteiger partial charge in [0.1, 0.15) is 0 Å². The van der Waals surface area contributed by atoms with E-state index in [1.807, 2.05) is 13.0 Å². The van der Waals surface area contributed by atoms with E-state index in [4.69, 9.17) is 0 Å². The van der Waals surface area contributed by atoms with Crippen LogP contribution in [-0.4, -0.2) is 22.4 Å². The van der Waals surface area contributed by atoms with Gasteiger partial charge in [0.15, 0.2) is 0 Å². The third kappa shape index (κ3) is 6.23. The lowest BCUT2D eigenvalue weighted by Gasteiger charge is -2.25. The smallest absolute Gasteiger partial charge is 0.0751 e. The van der Waals surface area contributed by atoms with E-state index in [0.29, 0.717) is 5.92 Å². The summed E-state index contributed by atoms with van der Waals surface area (Å²) >= 11 is 0. The zero-order valence-corrected chi connectivity index (χ0v) is 11.4. The second-order valence-corrected chi connectivity index (χ2v) is 5.64. The van der Waals surface area contributed by atoms with Gasteiger partial charge in [0.05, 0.1) is 12.2 Å². The maximum absolute atomic E-state index is 10.1. The van der Waals surface area contributed by atoms with Crippen LogP contribution in [-0.2, 0) is 0 Å². The molecular weight excluding hydrogens is 212 g/mol. The Morgan fingerprint density at radius 1 is 1.24 bits per heavy atom. The van der Waals surface area contributed by atoms with Gasteiger partial charge in [-0.05, 0) is 51.9 Å². The van der Waals surface area contributed by atoms with E-state index in [1.54, 1.807) is 0 Å². The van der Waals surface area contributed by atoms with E-state index < -0.39 is 0 Å². The minimum Gasteiger partial charge on any atom is -0.393 e. The van der Waals surface area contributed by atoms with Gasteiger partial charge in [-0.25, -0.2) is 0 Å². The quantitative estimate of drug-likeness (QED) is 0.698. The zero-order chi connectivity index (χ0) is 12.7. The molecule has 0 heterocycles. The summed E-state index contributed by atoms with van der Waals surface area (Å²) in [5.41, 5.74) is 1.27. The lowest BCUT2D eigenvalue weighted by molar-refractivity contribution is 0.124. The Bertz CT molecular complexity index is 227. The summed E-state index contributed by atoms with van der Waals surface area (Å²) in [5, 5.41) is 19.3. The first kappa shape index (κ1) is 14.7. The monoisotopic (exact) mass is 240 g/mol. The largest absolute Gasteiger partial charge is 0.393 e. The third-order valence-electron chi connectivity index (χ3n) is 3.78. The summed E-state index contributed by atoms with van der Waals surface area (Å²) in [6.07, 6.45) is 10.7. The number of aliphatic hydroxyl groups excluding tert-OH is 2. The van der Waals surface area contributed by atoms with Crippen LogP contribution in [0.4, 0.5) is 0 Å². The van der Waals surface area contributed by atoms with Crippen LogP contribution in [0.2, 0.25) is 0 Å². The Morgan fingerprint density at radius 3 is 2.47 bits per heavy atom. The normalized spacial score (nSPS) is 22.5. The van der Waals surface area contributed by atoms with Gasteiger partial charge in [-0.3, -0.25) is 0 Å². The molecule has 1 aliphatic rings. The highest BCUT2D eigenvalue weighted by atomic mass is 16.3. The SMILES string of the molecule is C/C(=C\[C@@H](O)C1CCCCC1)CCC[C@H](C)O. The fourth-order valence-corrected chi connectivity index (χ4v) is 2.66. The molecule has 1 saturated carbocycles. The molecule has 17 heavy (non-hydrogen) atoms. The predicted octanol–water partition coefficient (Wildman–Crippen LogP) is 3.43. The summed E-state index contributed by atoms with van der Waals surface area (Å²) in [7, 11) is 0. The zero-order valence-electron chi connectivity index (χ0n) is 11.4. The molecule has 2 atom stereocenters. The Kier molecular flexibility index (Phi) is 6.83. The summed E-state index contributed by atoms with van der Waals surface area (Å²) in [6.45, 7) is 3.92. The Labute approximate surface area is 106 Å². The lowest BCUT2D eigenvalue weighted by atomic mass is 9.84. The van der Waals surface area contributed by atoms with Gasteiger partial charge in [0.25, 0.3) is 0 Å². The van der Waals surface area contributed by atoms with E-state index in [9.17, 15) is 10.2 Å². The summed E-state index contributed by atoms with van der Waals surface area (Å²) < 4.78 is 0. The maximum Gasteiger partial charge on any atom is 0.0751 e. The lowest BCUT2D eigenvalue weighted by Crippen LogP contribution is -2.21. The van der Waals surface area contributed by atoms with Crippen LogP contribution in [0, 0.1) is 5.92 Å². The molecule has 0 aliphatic heterocycles. The van der Waals surface area contributed by atoms with Gasteiger partial charge in [-0.15, -0.1) is 0 Å². The molecule has 0 unspecified atom stereocenters. The molecule has 100 valence electrons. The fourth-order valence-electron chi connectivity index (χ4n) is 2.66. The molecule has 0 aromatic carbocycles. The van der Waals surface area contributed by atoms with E-state index in [0.717, 1.165) is 19.3 Å². The van der Waals surface area contributed by atoms with Crippen LogP contribution in [0.25, 0.3) is 0 Å². The van der Waals surface area contributed by atoms with Gasteiger partial charge in [0, 0.05) is 0 Å².